The number of rotatable bonds is 40. The number of carbonyl (C=O) groups is 7. The number of carbonyl (C=O) groups excluding carboxylic acids is 7. The van der Waals surface area contributed by atoms with Gasteiger partial charge in [-0.05, 0) is 273 Å². The van der Waals surface area contributed by atoms with E-state index in [1.54, 1.807) is 0 Å². The molecule has 1 saturated heterocycles. The summed E-state index contributed by atoms with van der Waals surface area (Å²) in [6.45, 7) is 32.8. The second kappa shape index (κ2) is 82.9. The Labute approximate surface area is 761 Å². The molecule has 0 aromatic heterocycles. The number of unbranched alkanes of at least 4 members (excludes halogenated alkanes) is 8. The van der Waals surface area contributed by atoms with Gasteiger partial charge in [-0.1, -0.05) is 65.5 Å². The summed E-state index contributed by atoms with van der Waals surface area (Å²) in [5.74, 6) is -0.592. The molecule has 6 rings (SSSR count). The third-order valence-corrected chi connectivity index (χ3v) is 16.3. The van der Waals surface area contributed by atoms with Crippen LogP contribution in [-0.2, 0) is 47.4 Å². The van der Waals surface area contributed by atoms with E-state index in [2.05, 4.69) is 228 Å². The van der Waals surface area contributed by atoms with Crippen molar-refractivity contribution in [2.75, 3.05) is 117 Å². The SMILES string of the molecule is C=CC(=O)Cl.C=COCOCCCCCN(CC)c1ccc(C=O)cc1.CC(=O)OCCCCCBr.CCN(CCCCCO)c1ccc(C=O)cc1.CCN(CCCCCOC(C)=O)c1ccccc1.CCNc1ccccc1.CC[N+]1(c2ccc(C=O)cc2)CCCCC1OC(C)=O.I.II.I[I-]I.O=P(Cl)(Cl)Cl. The van der Waals surface area contributed by atoms with Gasteiger partial charge in [-0.3, -0.25) is 42.6 Å². The van der Waals surface area contributed by atoms with Crippen LogP contribution in [0.5, 0.6) is 0 Å². The number of aliphatic hydroxyl groups is 1. The predicted octanol–water partition coefficient (Wildman–Crippen LogP) is 21.4. The van der Waals surface area contributed by atoms with Crippen molar-refractivity contribution in [3.63, 3.8) is 0 Å². The van der Waals surface area contributed by atoms with Crippen LogP contribution in [0.15, 0.2) is 159 Å². The number of anilines is 4. The van der Waals surface area contributed by atoms with Gasteiger partial charge in [-0.2, -0.15) is 0 Å². The number of nitrogens with one attached hydrogen (secondary N) is 1. The zero-order valence-corrected chi connectivity index (χ0v) is 84.1. The number of esters is 3. The fourth-order valence-electron chi connectivity index (χ4n) is 10.3. The number of piperidine rings is 1. The number of hydrogen-bond acceptors (Lipinski definition) is 18. The molecule has 1 aliphatic heterocycles. The molecule has 19 nitrogen and oxygen atoms in total. The van der Waals surface area contributed by atoms with E-state index in [0.717, 1.165) is 197 Å². The Morgan fingerprint density at radius 3 is 1.32 bits per heavy atom. The molecule has 5 aromatic carbocycles. The first kappa shape index (κ1) is 117. The summed E-state index contributed by atoms with van der Waals surface area (Å²) < 4.78 is 35.5. The summed E-state index contributed by atoms with van der Waals surface area (Å²) in [6, 6.07) is 43.7. The quantitative estimate of drug-likeness (QED) is 0.00302. The van der Waals surface area contributed by atoms with Crippen molar-refractivity contribution >= 4 is 235 Å². The molecule has 2 N–H and O–H groups in total. The monoisotopic (exact) mass is 2390 g/mol. The van der Waals surface area contributed by atoms with Crippen LogP contribution in [0.3, 0.4) is 0 Å². The molecule has 0 saturated carbocycles. The van der Waals surface area contributed by atoms with Gasteiger partial charge in [0, 0.05) is 162 Å². The Morgan fingerprint density at radius 1 is 0.595 bits per heavy atom. The molecule has 0 spiro atoms. The summed E-state index contributed by atoms with van der Waals surface area (Å²) in [4.78, 5) is 80.6. The minimum atomic E-state index is -3.22. The first-order valence-electron chi connectivity index (χ1n) is 36.4. The van der Waals surface area contributed by atoms with Crippen LogP contribution in [0.4, 0.5) is 28.4 Å². The van der Waals surface area contributed by atoms with Crippen LogP contribution < -0.4 is 37.8 Å². The normalized spacial score (nSPS) is 12.5. The van der Waals surface area contributed by atoms with Crippen molar-refractivity contribution in [2.45, 2.75) is 158 Å². The van der Waals surface area contributed by atoms with Gasteiger partial charge >= 0.3 is 73.6 Å². The van der Waals surface area contributed by atoms with Gasteiger partial charge in [0.1, 0.15) is 24.5 Å². The number of ether oxygens (including phenoxy) is 5. The Kier molecular flexibility index (Phi) is 87.6. The first-order valence-corrected chi connectivity index (χ1v) is 61.2. The van der Waals surface area contributed by atoms with Crippen LogP contribution in [0, 0.1) is 0 Å². The standard InChI is InChI=1S/C17H25NO3.C16H22NO3.C15H23NO2.C14H21NO2.C8H11N.C7H13BrO2.C3H3ClO.Cl3OP.I3.I2.HI/c1-3-18(17-10-8-16(14-19)9-11-17)12-6-5-7-13-21-15-20-4-2;1-3-17(15-9-7-14(12-18)8-10-15)11-5-4-6-16(17)20-13(2)19;1-3-16(15-10-6-4-7-11-15)12-8-5-9-13-18-14(2)17;1-2-15(10-4-3-5-11-16)14-8-6-13(12-17)7-9-14;1-2-9-8-6-4-3-5-7-8;1-7(9)10-6-4-2-3-5-8;1-2-3(4)5;1-5(2,3)4;1-3-2;1-2;/h4,8-11,14H,2-3,5-7,12-13,15H2,1H3;7-10,12,16H,3-6,11H2,1-2H3;4,6-7,10-11H,3,5,8-9,12-13H2,1-2H3;6-9,12,16H,2-5,10-11H2,1H3;3-7,9H,2H2,1H3;2-6H2,1H3;2H,1H2;;;;1H/q;+1;;;;;;;-1;;. The Morgan fingerprint density at radius 2 is 0.973 bits per heavy atom. The number of hydrogen-bond donors (Lipinski definition) is 2. The fourth-order valence-corrected chi connectivity index (χ4v) is 10.7. The number of likely N-dealkylation sites (tertiary alicyclic amines) is 1. The maximum Gasteiger partial charge on any atom is 0.339 e. The maximum absolute atomic E-state index is 11.4. The topological polar surface area (TPSA) is 225 Å². The largest absolute Gasteiger partial charge is 0.339 e. The van der Waals surface area contributed by atoms with Crippen LogP contribution in [0.1, 0.15) is 183 Å². The number of benzene rings is 5. The molecule has 5 aromatic rings. The van der Waals surface area contributed by atoms with Crippen LogP contribution in [0.25, 0.3) is 0 Å². The first-order chi connectivity index (χ1) is 52.9. The van der Waals surface area contributed by atoms with E-state index in [4.69, 9.17) is 40.4 Å². The summed E-state index contributed by atoms with van der Waals surface area (Å²) >= 11 is 31.4. The number of alkyl halides is 1. The van der Waals surface area contributed by atoms with Crippen molar-refractivity contribution in [3.8, 4) is 0 Å². The van der Waals surface area contributed by atoms with Crippen LogP contribution in [-0.4, -0.2) is 151 Å². The number of halogens is 11. The van der Waals surface area contributed by atoms with Crippen LogP contribution >= 0.6 is 165 Å². The van der Waals surface area contributed by atoms with Gasteiger partial charge in [0.25, 0.3) is 0 Å². The van der Waals surface area contributed by atoms with E-state index in [0.29, 0.717) is 54.2 Å². The Balaban J connectivity index is -0.000000395. The van der Waals surface area contributed by atoms with Gasteiger partial charge in [-0.15, -0.1) is 24.0 Å². The molecule has 0 radical (unpaired) electrons. The fraction of sp³-hybridized carbons (Fsp3) is 0.487. The molecule has 1 fully saturated rings. The van der Waals surface area contributed by atoms with E-state index in [-0.39, 0.29) is 61.5 Å². The van der Waals surface area contributed by atoms with E-state index in [1.807, 2.05) is 97.1 Å². The summed E-state index contributed by atoms with van der Waals surface area (Å²) in [7, 11) is 0. The minimum Gasteiger partial charge on any atom is -0.271 e. The maximum atomic E-state index is 11.4. The molecule has 0 aliphatic carbocycles. The van der Waals surface area contributed by atoms with E-state index in [9.17, 15) is 38.1 Å². The van der Waals surface area contributed by atoms with Gasteiger partial charge in [0.15, 0.2) is 6.79 Å². The summed E-state index contributed by atoms with van der Waals surface area (Å²) in [6.07, 6.45) is 20.7. The molecule has 2 atom stereocenters. The number of quaternary nitrogens is 1. The molecule has 630 valence electrons. The van der Waals surface area contributed by atoms with Crippen molar-refractivity contribution < 1.29 is 80.2 Å². The number of aliphatic hydroxyl groups excluding tert-OH is 1. The van der Waals surface area contributed by atoms with Crippen molar-refractivity contribution in [3.05, 3.63) is 176 Å². The minimum absolute atomic E-state index is 0. The van der Waals surface area contributed by atoms with E-state index >= 15 is 0 Å². The molecule has 31 heteroatoms. The van der Waals surface area contributed by atoms with Gasteiger partial charge < -0.3 is 48.8 Å². The zero-order valence-electron chi connectivity index (χ0n) is 65.5. The molecule has 1 aliphatic rings. The second-order valence-electron chi connectivity index (χ2n) is 23.4. The molecule has 2 unspecified atom stereocenters. The number of nitrogens with zero attached hydrogens (tertiary/aromatic N) is 4. The number of allylic oxidation sites excluding steroid dienone is 1. The molecule has 1 heterocycles. The van der Waals surface area contributed by atoms with Crippen molar-refractivity contribution in [1.29, 1.82) is 0 Å². The molecule has 0 bridgehead atoms. The third kappa shape index (κ3) is 69.5. The van der Waals surface area contributed by atoms with Crippen molar-refractivity contribution in [1.82, 2.24) is 4.48 Å². The van der Waals surface area contributed by atoms with Gasteiger partial charge in [-0.25, -0.2) is 0 Å². The van der Waals surface area contributed by atoms with Gasteiger partial charge in [0.2, 0.25) is 11.5 Å². The van der Waals surface area contributed by atoms with Crippen LogP contribution in [0.2, 0.25) is 0 Å². The molecule has 111 heavy (non-hydrogen) atoms. The Hall–Kier alpha value is -2.20. The van der Waals surface area contributed by atoms with Gasteiger partial charge in [0.05, 0.1) is 39.2 Å². The zero-order chi connectivity index (χ0) is 83.5. The predicted molar refractivity (Wildman–Crippen MR) is 512 cm³/mol. The number of aldehydes is 3. The summed E-state index contributed by atoms with van der Waals surface area (Å²) in [5.41, 5.74) is 8.01. The smallest absolute Gasteiger partial charge is 0.271 e. The Bertz CT molecular complexity index is 3140. The third-order valence-electron chi connectivity index (χ3n) is 15.6. The average molecular weight is 2390 g/mol. The van der Waals surface area contributed by atoms with E-state index in [1.165, 1.54) is 44.1 Å². The number of para-hydroxylation sites is 2. The molecular weight excluding hydrogens is 2270 g/mol. The second-order valence-corrected chi connectivity index (χ2v) is 47.4. The van der Waals surface area contributed by atoms with E-state index < -0.39 is 10.4 Å². The molecular formula is C80H119BrCl4I6N5O14P. The molecule has 0 amide bonds. The average Bonchev–Trinajstić information content (AvgIpc) is 0.777. The van der Waals surface area contributed by atoms with Crippen molar-refractivity contribution in [2.24, 2.45) is 0 Å². The summed E-state index contributed by atoms with van der Waals surface area (Å²) in [5, 5.41) is 9.23.